The van der Waals surface area contributed by atoms with E-state index in [1.54, 1.807) is 0 Å². The van der Waals surface area contributed by atoms with E-state index < -0.39 is 94.8 Å². The summed E-state index contributed by atoms with van der Waals surface area (Å²) in [6, 6.07) is -0.00194. The van der Waals surface area contributed by atoms with E-state index >= 15 is 0 Å². The summed E-state index contributed by atoms with van der Waals surface area (Å²) in [6.45, 7) is 2.23. The molecular formula is C27H40N12O14P2S2. The van der Waals surface area contributed by atoms with Crippen LogP contribution in [0.25, 0.3) is 21.6 Å². The van der Waals surface area contributed by atoms with Crippen LogP contribution in [0.2, 0.25) is 0 Å². The first-order valence-electron chi connectivity index (χ1n) is 16.8. The number of fused-ring (bicyclic) bond motifs is 1. The average Bonchev–Trinajstić information content (AvgIpc) is 3.82. The molecule has 0 radical (unpaired) electrons. The number of aromatic nitrogens is 6. The van der Waals surface area contributed by atoms with Crippen LogP contribution in [0.5, 0.6) is 0 Å². The second-order valence-electron chi connectivity index (χ2n) is 12.8. The fourth-order valence-electron chi connectivity index (χ4n) is 5.66. The number of carbonyl (C=O) groups is 1. The number of carbonyl (C=O) groups excluding carboxylic acids is 1. The molecule has 30 heteroatoms. The molecule has 0 aliphatic carbocycles. The monoisotopic (exact) mass is 882 g/mol. The van der Waals surface area contributed by atoms with Crippen LogP contribution in [-0.4, -0.2) is 122 Å². The highest BCUT2D eigenvalue weighted by atomic mass is 33.1. The van der Waals surface area contributed by atoms with Gasteiger partial charge in [0.25, 0.3) is 0 Å². The second-order valence-corrected chi connectivity index (χ2v) is 18.6. The Morgan fingerprint density at radius 2 is 1.86 bits per heavy atom. The number of nitrogen functional groups attached to an aromatic ring is 2. The summed E-state index contributed by atoms with van der Waals surface area (Å²) in [4.78, 5) is 73.8. The van der Waals surface area contributed by atoms with Gasteiger partial charge in [-0.15, -0.1) is 0 Å². The van der Waals surface area contributed by atoms with E-state index in [-0.39, 0.29) is 47.4 Å². The lowest BCUT2D eigenvalue weighted by Crippen LogP contribution is -2.44. The molecule has 4 unspecified atom stereocenters. The number of anilines is 2. The van der Waals surface area contributed by atoms with Crippen molar-refractivity contribution in [3.63, 3.8) is 0 Å². The second kappa shape index (κ2) is 19.1. The van der Waals surface area contributed by atoms with Gasteiger partial charge in [0.2, 0.25) is 0 Å². The Morgan fingerprint density at radius 3 is 2.54 bits per heavy atom. The summed E-state index contributed by atoms with van der Waals surface area (Å²) in [7, 11) is -7.38. The number of phosphoric ester groups is 2. The number of rotatable bonds is 19. The van der Waals surface area contributed by atoms with Crippen molar-refractivity contribution >= 4 is 66.0 Å². The van der Waals surface area contributed by atoms with Crippen LogP contribution in [0.4, 0.5) is 11.6 Å². The van der Waals surface area contributed by atoms with Crippen LogP contribution < -0.4 is 22.9 Å². The van der Waals surface area contributed by atoms with E-state index in [4.69, 9.17) is 46.0 Å². The molecule has 3 aromatic heterocycles. The van der Waals surface area contributed by atoms with Gasteiger partial charge in [0, 0.05) is 34.6 Å². The van der Waals surface area contributed by atoms with E-state index in [2.05, 4.69) is 34.5 Å². The third kappa shape index (κ3) is 11.8. The van der Waals surface area contributed by atoms with E-state index in [1.807, 2.05) is 13.8 Å². The third-order valence-electron chi connectivity index (χ3n) is 8.19. The molecule has 26 nitrogen and oxygen atoms in total. The molecule has 0 spiro atoms. The Labute approximate surface area is 330 Å². The maximum Gasteiger partial charge on any atom is 0.472 e. The van der Waals surface area contributed by atoms with E-state index in [0.29, 0.717) is 0 Å². The quantitative estimate of drug-likeness (QED) is 0.0215. The average molecular weight is 883 g/mol. The first kappa shape index (κ1) is 44.7. The normalized spacial score (nSPS) is 25.9. The van der Waals surface area contributed by atoms with Crippen LogP contribution >= 0.6 is 37.2 Å². The topological polar surface area (TPSA) is 393 Å². The zero-order chi connectivity index (χ0) is 41.7. The SMILES string of the molecule is CC(C)SSC(CN=[N+]=[N-])C[C@@H](N)C(=O)O[C@@H]1[C@H](COP(=O)(O)O[C@H]2CC(n3ccc(N)nc3=O)O[C@@H]2COP(=O)(O)O)OC(n2cnc3c(N)ncnc32)[C@@H]1O. The van der Waals surface area contributed by atoms with Gasteiger partial charge in [-0.2, -0.15) is 4.98 Å². The number of ether oxygens (including phenoxy) is 3. The van der Waals surface area contributed by atoms with Crippen molar-refractivity contribution < 1.29 is 61.5 Å². The number of hydrogen-bond acceptors (Lipinski definition) is 21. The predicted molar refractivity (Wildman–Crippen MR) is 200 cm³/mol. The first-order valence-corrected chi connectivity index (χ1v) is 22.1. The van der Waals surface area contributed by atoms with Crippen LogP contribution in [0, 0.1) is 0 Å². The number of imidazole rings is 1. The summed E-state index contributed by atoms with van der Waals surface area (Å²) >= 11 is 0. The molecule has 0 bridgehead atoms. The largest absolute Gasteiger partial charge is 0.472 e. The van der Waals surface area contributed by atoms with Gasteiger partial charge in [-0.3, -0.25) is 27.5 Å². The van der Waals surface area contributed by atoms with Crippen LogP contribution in [0.15, 0.2) is 34.8 Å². The van der Waals surface area contributed by atoms with Crippen molar-refractivity contribution in [3.8, 4) is 0 Å². The van der Waals surface area contributed by atoms with Crippen molar-refractivity contribution in [1.29, 1.82) is 0 Å². The molecule has 2 aliphatic heterocycles. The minimum atomic E-state index is -5.18. The number of nitrogens with zero attached hydrogens (tertiary/aromatic N) is 9. The minimum absolute atomic E-state index is 0.00838. The van der Waals surface area contributed by atoms with Crippen LogP contribution in [0.3, 0.4) is 0 Å². The van der Waals surface area contributed by atoms with Gasteiger partial charge in [0.15, 0.2) is 23.8 Å². The van der Waals surface area contributed by atoms with Gasteiger partial charge < -0.3 is 51.2 Å². The summed E-state index contributed by atoms with van der Waals surface area (Å²) < 4.78 is 59.6. The van der Waals surface area contributed by atoms with Crippen LogP contribution in [-0.2, 0) is 41.7 Å². The Bertz CT molecular complexity index is 2090. The molecule has 2 fully saturated rings. The molecule has 0 saturated carbocycles. The smallest absolute Gasteiger partial charge is 0.455 e. The fourth-order valence-corrected chi connectivity index (χ4v) is 9.32. The number of phosphoric acid groups is 2. The standard InChI is InChI=1S/C27H40N12O14P2S2/c1-12(2)56-57-13(7-35-37-31)5-14(28)26(41)52-22-17(51-25(21(22)40)39-11-34-20-23(30)32-10-33-24(20)39)9-49-55(46,47)53-15-6-19(38-4-3-18(29)36-27(38)42)50-16(15)8-48-54(43,44)45/h3-4,10-17,19,21-22,25,40H,5-9,28H2,1-2H3,(H,46,47)(H2,29,36,42)(H2,30,32,33)(H2,43,44,45)/t13?,14-,15+,16-,17+,19?,21-,22-,25?/m1/s1. The van der Waals surface area contributed by atoms with Crippen molar-refractivity contribution in [3.05, 3.63) is 45.8 Å². The zero-order valence-electron chi connectivity index (χ0n) is 30.0. The number of hydrogen-bond donors (Lipinski definition) is 7. The van der Waals surface area contributed by atoms with E-state index in [0.717, 1.165) is 10.9 Å². The summed E-state index contributed by atoms with van der Waals surface area (Å²) in [6.07, 6.45) is -6.95. The molecule has 2 saturated heterocycles. The highest BCUT2D eigenvalue weighted by Crippen LogP contribution is 2.50. The molecule has 5 heterocycles. The molecule has 0 aromatic carbocycles. The number of aliphatic hydroxyl groups excluding tert-OH is 1. The molecular weight excluding hydrogens is 842 g/mol. The zero-order valence-corrected chi connectivity index (χ0v) is 33.4. The summed E-state index contributed by atoms with van der Waals surface area (Å²) in [5, 5.41) is 14.9. The van der Waals surface area contributed by atoms with Gasteiger partial charge in [-0.1, -0.05) is 40.5 Å². The lowest BCUT2D eigenvalue weighted by Gasteiger charge is -2.25. The van der Waals surface area contributed by atoms with Gasteiger partial charge in [0.1, 0.15) is 54.3 Å². The molecule has 2 aliphatic rings. The molecule has 314 valence electrons. The summed E-state index contributed by atoms with van der Waals surface area (Å²) in [5.74, 6) is -1.08. The number of aliphatic hydroxyl groups is 1. The van der Waals surface area contributed by atoms with Gasteiger partial charge >= 0.3 is 27.3 Å². The van der Waals surface area contributed by atoms with Gasteiger partial charge in [-0.25, -0.2) is 28.9 Å². The highest BCUT2D eigenvalue weighted by molar-refractivity contribution is 8.77. The van der Waals surface area contributed by atoms with Crippen molar-refractivity contribution in [2.75, 3.05) is 31.2 Å². The van der Waals surface area contributed by atoms with E-state index in [1.165, 1.54) is 44.7 Å². The summed E-state index contributed by atoms with van der Waals surface area (Å²) in [5.41, 5.74) is 25.9. The fraction of sp³-hybridized carbons (Fsp3) is 0.630. The highest BCUT2D eigenvalue weighted by Gasteiger charge is 2.50. The lowest BCUT2D eigenvalue weighted by molar-refractivity contribution is -0.158. The maximum absolute atomic E-state index is 13.4. The van der Waals surface area contributed by atoms with Gasteiger partial charge in [0.05, 0.1) is 19.5 Å². The van der Waals surface area contributed by atoms with Crippen molar-refractivity contribution in [1.82, 2.24) is 29.1 Å². The molecule has 10 N–H and O–H groups in total. The number of nitrogens with two attached hydrogens (primary N) is 3. The first-order chi connectivity index (χ1) is 26.9. The van der Waals surface area contributed by atoms with Crippen molar-refractivity contribution in [2.24, 2.45) is 10.8 Å². The van der Waals surface area contributed by atoms with E-state index in [9.17, 15) is 38.5 Å². The Kier molecular flexibility index (Phi) is 15.0. The Balaban J connectivity index is 1.34. The lowest BCUT2D eigenvalue weighted by atomic mass is 10.1. The molecule has 5 rings (SSSR count). The predicted octanol–water partition coefficient (Wildman–Crippen LogP) is 0.503. The maximum atomic E-state index is 13.4. The molecule has 3 aromatic rings. The minimum Gasteiger partial charge on any atom is -0.455 e. The molecule has 10 atom stereocenters. The van der Waals surface area contributed by atoms with Crippen LogP contribution in [0.1, 0.15) is 39.1 Å². The molecule has 57 heavy (non-hydrogen) atoms. The molecule has 0 amide bonds. The Morgan fingerprint density at radius 1 is 1.12 bits per heavy atom. The third-order valence-corrected chi connectivity index (χ3v) is 13.1. The van der Waals surface area contributed by atoms with Gasteiger partial charge in [-0.05, 0) is 18.0 Å². The number of esters is 1. The van der Waals surface area contributed by atoms with Crippen molar-refractivity contribution in [2.45, 2.75) is 86.2 Å². The Hall–Kier alpha value is -3.43. The number of azide groups is 1.